The van der Waals surface area contributed by atoms with Crippen molar-refractivity contribution in [3.8, 4) is 0 Å². The third-order valence-corrected chi connectivity index (χ3v) is 6.10. The molecule has 0 aliphatic rings. The lowest BCUT2D eigenvalue weighted by atomic mass is 10.2. The zero-order chi connectivity index (χ0) is 19.5. The largest absolute Gasteiger partial charge is 0.376 e. The molecule has 2 aromatic rings. The number of rotatable bonds is 6. The third kappa shape index (κ3) is 4.75. The molecule has 140 valence electrons. The lowest BCUT2D eigenvalue weighted by molar-refractivity contribution is -0.114. The Morgan fingerprint density at radius 1 is 1.08 bits per heavy atom. The van der Waals surface area contributed by atoms with Crippen LogP contribution in [0.15, 0.2) is 41.3 Å². The summed E-state index contributed by atoms with van der Waals surface area (Å²) in [5, 5.41) is 6.31. The molecule has 8 heteroatoms. The fourth-order valence-electron chi connectivity index (χ4n) is 2.21. The van der Waals surface area contributed by atoms with E-state index in [1.165, 1.54) is 20.2 Å². The van der Waals surface area contributed by atoms with E-state index in [1.54, 1.807) is 24.3 Å². The first-order chi connectivity index (χ1) is 12.1. The van der Waals surface area contributed by atoms with Crippen molar-refractivity contribution < 1.29 is 13.2 Å². The normalized spacial score (nSPS) is 11.5. The smallest absolute Gasteiger partial charge is 0.243 e. The number of anilines is 2. The first kappa shape index (κ1) is 20.2. The van der Waals surface area contributed by atoms with Crippen molar-refractivity contribution >= 4 is 38.9 Å². The minimum absolute atomic E-state index is 0.00218. The Hall–Kier alpha value is -2.09. The van der Waals surface area contributed by atoms with Crippen LogP contribution in [0, 0.1) is 13.8 Å². The Labute approximate surface area is 159 Å². The van der Waals surface area contributed by atoms with Crippen molar-refractivity contribution in [2.45, 2.75) is 18.7 Å². The van der Waals surface area contributed by atoms with Crippen LogP contribution in [0.4, 0.5) is 11.4 Å². The molecule has 0 bridgehead atoms. The lowest BCUT2D eigenvalue weighted by Crippen LogP contribution is -2.24. The zero-order valence-corrected chi connectivity index (χ0v) is 16.7. The highest BCUT2D eigenvalue weighted by atomic mass is 35.5. The number of nitrogens with zero attached hydrogens (tertiary/aromatic N) is 1. The van der Waals surface area contributed by atoms with Crippen molar-refractivity contribution in [3.63, 3.8) is 0 Å². The molecule has 1 amide bonds. The summed E-state index contributed by atoms with van der Waals surface area (Å²) in [6, 6.07) is 10.1. The SMILES string of the molecule is Cc1ccc(NC(=O)CNc2cc(S(=O)(=O)N(C)C)ccc2C)cc1Cl. The molecule has 0 fully saturated rings. The number of carbonyl (C=O) groups is 1. The van der Waals surface area contributed by atoms with E-state index in [0.717, 1.165) is 15.4 Å². The van der Waals surface area contributed by atoms with Crippen LogP contribution >= 0.6 is 11.6 Å². The molecule has 0 heterocycles. The molecular weight excluding hydrogens is 374 g/mol. The molecule has 2 rings (SSSR count). The summed E-state index contributed by atoms with van der Waals surface area (Å²) in [6.07, 6.45) is 0. The highest BCUT2D eigenvalue weighted by Crippen LogP contribution is 2.22. The highest BCUT2D eigenvalue weighted by molar-refractivity contribution is 7.89. The summed E-state index contributed by atoms with van der Waals surface area (Å²) in [7, 11) is -0.585. The summed E-state index contributed by atoms with van der Waals surface area (Å²) in [4.78, 5) is 12.3. The van der Waals surface area contributed by atoms with Crippen molar-refractivity contribution in [2.75, 3.05) is 31.3 Å². The van der Waals surface area contributed by atoms with Gasteiger partial charge in [0.25, 0.3) is 0 Å². The van der Waals surface area contributed by atoms with E-state index in [2.05, 4.69) is 10.6 Å². The van der Waals surface area contributed by atoms with Gasteiger partial charge in [0.15, 0.2) is 0 Å². The number of carbonyl (C=O) groups excluding carboxylic acids is 1. The summed E-state index contributed by atoms with van der Waals surface area (Å²) in [6.45, 7) is 3.72. The predicted molar refractivity (Wildman–Crippen MR) is 105 cm³/mol. The molecule has 6 nitrogen and oxygen atoms in total. The molecule has 0 unspecified atom stereocenters. The van der Waals surface area contributed by atoms with E-state index in [4.69, 9.17) is 11.6 Å². The van der Waals surface area contributed by atoms with Gasteiger partial charge in [0, 0.05) is 30.5 Å². The van der Waals surface area contributed by atoms with E-state index < -0.39 is 10.0 Å². The van der Waals surface area contributed by atoms with E-state index in [1.807, 2.05) is 19.9 Å². The molecule has 2 N–H and O–H groups in total. The lowest BCUT2D eigenvalue weighted by Gasteiger charge is -2.15. The van der Waals surface area contributed by atoms with Crippen LogP contribution in [-0.4, -0.2) is 39.3 Å². The number of aryl methyl sites for hydroxylation is 2. The first-order valence-corrected chi connectivity index (χ1v) is 9.76. The Morgan fingerprint density at radius 3 is 2.35 bits per heavy atom. The third-order valence-electron chi connectivity index (χ3n) is 3.88. The van der Waals surface area contributed by atoms with Crippen molar-refractivity contribution in [2.24, 2.45) is 0 Å². The maximum absolute atomic E-state index is 12.2. The molecule has 0 atom stereocenters. The van der Waals surface area contributed by atoms with Gasteiger partial charge in [-0.15, -0.1) is 0 Å². The standard InChI is InChI=1S/C18H22ClN3O3S/c1-12-5-7-14(9-16(12)19)21-18(23)11-20-17-10-15(8-6-13(17)2)26(24,25)22(3)4/h5-10,20H,11H2,1-4H3,(H,21,23). The second-order valence-corrected chi connectivity index (χ2v) is 8.69. The number of amides is 1. The predicted octanol–water partition coefficient (Wildman–Crippen LogP) is 3.26. The molecule has 0 aliphatic carbocycles. The van der Waals surface area contributed by atoms with Crippen LogP contribution in [0.2, 0.25) is 5.02 Å². The Bertz CT molecular complexity index is 927. The Morgan fingerprint density at radius 2 is 1.73 bits per heavy atom. The van der Waals surface area contributed by atoms with Gasteiger partial charge >= 0.3 is 0 Å². The number of hydrogen-bond donors (Lipinski definition) is 2. The van der Waals surface area contributed by atoms with Gasteiger partial charge in [0.1, 0.15) is 0 Å². The number of benzene rings is 2. The van der Waals surface area contributed by atoms with Gasteiger partial charge in [-0.1, -0.05) is 23.7 Å². The second kappa shape index (κ2) is 8.07. The van der Waals surface area contributed by atoms with Gasteiger partial charge in [-0.3, -0.25) is 4.79 Å². The average molecular weight is 396 g/mol. The van der Waals surface area contributed by atoms with E-state index >= 15 is 0 Å². The zero-order valence-electron chi connectivity index (χ0n) is 15.1. The van der Waals surface area contributed by atoms with Gasteiger partial charge in [0.2, 0.25) is 15.9 Å². The topological polar surface area (TPSA) is 78.5 Å². The monoisotopic (exact) mass is 395 g/mol. The first-order valence-electron chi connectivity index (χ1n) is 7.94. The number of nitrogens with one attached hydrogen (secondary N) is 2. The molecule has 0 aromatic heterocycles. The fourth-order valence-corrected chi connectivity index (χ4v) is 3.32. The molecule has 2 aromatic carbocycles. The van der Waals surface area contributed by atoms with E-state index in [0.29, 0.717) is 16.4 Å². The fraction of sp³-hybridized carbons (Fsp3) is 0.278. The van der Waals surface area contributed by atoms with Crippen LogP contribution in [0.25, 0.3) is 0 Å². The molecule has 0 saturated heterocycles. The summed E-state index contributed by atoms with van der Waals surface area (Å²) in [5.74, 6) is -0.259. The Balaban J connectivity index is 2.09. The maximum Gasteiger partial charge on any atom is 0.243 e. The van der Waals surface area contributed by atoms with Crippen molar-refractivity contribution in [3.05, 3.63) is 52.5 Å². The van der Waals surface area contributed by atoms with Crippen molar-refractivity contribution in [1.82, 2.24) is 4.31 Å². The summed E-state index contributed by atoms with van der Waals surface area (Å²) in [5.41, 5.74) is 2.96. The maximum atomic E-state index is 12.2. The summed E-state index contributed by atoms with van der Waals surface area (Å²) < 4.78 is 25.6. The number of hydrogen-bond acceptors (Lipinski definition) is 4. The molecule has 0 radical (unpaired) electrons. The minimum atomic E-state index is -3.53. The molecular formula is C18H22ClN3O3S. The van der Waals surface area contributed by atoms with Crippen LogP contribution in [-0.2, 0) is 14.8 Å². The molecule has 0 saturated carbocycles. The van der Waals surface area contributed by atoms with Gasteiger partial charge in [-0.2, -0.15) is 0 Å². The number of sulfonamides is 1. The van der Waals surface area contributed by atoms with Gasteiger partial charge in [-0.25, -0.2) is 12.7 Å². The molecule has 0 aliphatic heterocycles. The number of halogens is 1. The van der Waals surface area contributed by atoms with Crippen LogP contribution < -0.4 is 10.6 Å². The quantitative estimate of drug-likeness (QED) is 0.786. The summed E-state index contributed by atoms with van der Waals surface area (Å²) >= 11 is 6.05. The average Bonchev–Trinajstić information content (AvgIpc) is 2.57. The van der Waals surface area contributed by atoms with Crippen LogP contribution in [0.3, 0.4) is 0 Å². The van der Waals surface area contributed by atoms with E-state index in [-0.39, 0.29) is 17.3 Å². The minimum Gasteiger partial charge on any atom is -0.376 e. The van der Waals surface area contributed by atoms with E-state index in [9.17, 15) is 13.2 Å². The van der Waals surface area contributed by atoms with Crippen LogP contribution in [0.1, 0.15) is 11.1 Å². The van der Waals surface area contributed by atoms with Crippen molar-refractivity contribution in [1.29, 1.82) is 0 Å². The Kier molecular flexibility index (Phi) is 6.28. The van der Waals surface area contributed by atoms with Gasteiger partial charge in [-0.05, 0) is 49.2 Å². The molecule has 0 spiro atoms. The second-order valence-electron chi connectivity index (χ2n) is 6.13. The van der Waals surface area contributed by atoms with Gasteiger partial charge in [0.05, 0.1) is 11.4 Å². The van der Waals surface area contributed by atoms with Gasteiger partial charge < -0.3 is 10.6 Å². The highest BCUT2D eigenvalue weighted by Gasteiger charge is 2.18. The molecule has 26 heavy (non-hydrogen) atoms. The van der Waals surface area contributed by atoms with Crippen LogP contribution in [0.5, 0.6) is 0 Å².